The van der Waals surface area contributed by atoms with E-state index in [-0.39, 0.29) is 28.7 Å². The van der Waals surface area contributed by atoms with Gasteiger partial charge in [0.1, 0.15) is 11.6 Å². The summed E-state index contributed by atoms with van der Waals surface area (Å²) < 4.78 is 10.9. The highest BCUT2D eigenvalue weighted by Gasteiger charge is 2.27. The summed E-state index contributed by atoms with van der Waals surface area (Å²) in [6.45, 7) is 9.18. The first-order valence-corrected chi connectivity index (χ1v) is 10.4. The summed E-state index contributed by atoms with van der Waals surface area (Å²) in [5.41, 5.74) is -0.00611. The number of halogens is 1. The molecule has 1 aromatic carbocycles. The number of thioether (sulfide) groups is 1. The molecule has 1 atom stereocenters. The largest absolute Gasteiger partial charge is 0.444 e. The smallest absolute Gasteiger partial charge is 0.408 e. The summed E-state index contributed by atoms with van der Waals surface area (Å²) in [5, 5.41) is 14.2. The first-order valence-electron chi connectivity index (χ1n) is 9.04. The fourth-order valence-electron chi connectivity index (χ4n) is 2.24. The highest BCUT2D eigenvalue weighted by molar-refractivity contribution is 7.99. The monoisotopic (exact) mass is 440 g/mol. The summed E-state index contributed by atoms with van der Waals surface area (Å²) in [6, 6.07) is 6.37. The third-order valence-electron chi connectivity index (χ3n) is 3.46. The second kappa shape index (κ2) is 9.98. The maximum Gasteiger partial charge on any atom is 0.408 e. The Kier molecular flexibility index (Phi) is 7.92. The van der Waals surface area contributed by atoms with Crippen LogP contribution >= 0.6 is 23.4 Å². The summed E-state index contributed by atoms with van der Waals surface area (Å²) in [7, 11) is 0. The number of carbonyl (C=O) groups excluding carboxylic acids is 2. The lowest BCUT2D eigenvalue weighted by molar-refractivity contribution is -0.113. The number of hydrogen-bond donors (Lipinski definition) is 2. The Morgan fingerprint density at radius 2 is 2.00 bits per heavy atom. The van der Waals surface area contributed by atoms with E-state index < -0.39 is 17.7 Å². The van der Waals surface area contributed by atoms with Crippen LogP contribution in [-0.2, 0) is 9.53 Å². The van der Waals surface area contributed by atoms with Crippen LogP contribution < -0.4 is 10.6 Å². The third-order valence-corrected chi connectivity index (χ3v) is 4.52. The minimum Gasteiger partial charge on any atom is -0.444 e. The van der Waals surface area contributed by atoms with Crippen LogP contribution in [0.2, 0.25) is 5.02 Å². The Morgan fingerprint density at radius 3 is 2.62 bits per heavy atom. The number of nitrogens with one attached hydrogen (secondary N) is 2. The Morgan fingerprint density at radius 1 is 1.28 bits per heavy atom. The minimum atomic E-state index is -0.613. The van der Waals surface area contributed by atoms with Crippen molar-refractivity contribution in [3.8, 4) is 0 Å². The molecule has 158 valence electrons. The van der Waals surface area contributed by atoms with E-state index in [4.69, 9.17) is 20.8 Å². The standard InChI is InChI=1S/C19H25ClN4O4S/c1-11(2)15(22-17(26)28-19(3,4)5)16-23-24-18(27-16)29-10-14(25)21-13-8-6-7-12(20)9-13/h6-9,11,15H,10H2,1-5H3,(H,21,25)(H,22,26). The highest BCUT2D eigenvalue weighted by atomic mass is 35.5. The van der Waals surface area contributed by atoms with Gasteiger partial charge in [-0.2, -0.15) is 0 Å². The van der Waals surface area contributed by atoms with Crippen LogP contribution in [0.1, 0.15) is 46.6 Å². The Balaban J connectivity index is 1.93. The maximum absolute atomic E-state index is 12.1. The Bertz CT molecular complexity index is 851. The molecule has 0 aliphatic heterocycles. The van der Waals surface area contributed by atoms with E-state index in [2.05, 4.69) is 20.8 Å². The van der Waals surface area contributed by atoms with Gasteiger partial charge in [-0.1, -0.05) is 43.3 Å². The van der Waals surface area contributed by atoms with Crippen molar-refractivity contribution >= 4 is 41.1 Å². The summed E-state index contributed by atoms with van der Waals surface area (Å²) in [5.74, 6) is 0.0971. The van der Waals surface area contributed by atoms with E-state index >= 15 is 0 Å². The van der Waals surface area contributed by atoms with Crippen molar-refractivity contribution in [3.05, 3.63) is 35.2 Å². The van der Waals surface area contributed by atoms with Crippen molar-refractivity contribution in [3.63, 3.8) is 0 Å². The van der Waals surface area contributed by atoms with Gasteiger partial charge in [-0.15, -0.1) is 10.2 Å². The zero-order chi connectivity index (χ0) is 21.6. The minimum absolute atomic E-state index is 0.00746. The maximum atomic E-state index is 12.1. The van der Waals surface area contributed by atoms with Gasteiger partial charge in [0.05, 0.1) is 5.75 Å². The first kappa shape index (κ1) is 23.0. The van der Waals surface area contributed by atoms with Crippen LogP contribution in [0.25, 0.3) is 0 Å². The van der Waals surface area contributed by atoms with Gasteiger partial charge in [0, 0.05) is 10.7 Å². The van der Waals surface area contributed by atoms with E-state index in [0.717, 1.165) is 11.8 Å². The van der Waals surface area contributed by atoms with Gasteiger partial charge in [-0.3, -0.25) is 4.79 Å². The second-order valence-corrected chi connectivity index (χ2v) is 8.98. The molecule has 2 N–H and O–H groups in total. The molecule has 0 saturated heterocycles. The number of ether oxygens (including phenoxy) is 1. The van der Waals surface area contributed by atoms with E-state index in [1.54, 1.807) is 45.0 Å². The average molecular weight is 441 g/mol. The Hall–Kier alpha value is -2.26. The third kappa shape index (κ3) is 7.94. The van der Waals surface area contributed by atoms with Gasteiger partial charge >= 0.3 is 6.09 Å². The zero-order valence-corrected chi connectivity index (χ0v) is 18.6. The van der Waals surface area contributed by atoms with Gasteiger partial charge in [-0.25, -0.2) is 4.79 Å². The highest BCUT2D eigenvalue weighted by Crippen LogP contribution is 2.25. The first-order chi connectivity index (χ1) is 13.5. The van der Waals surface area contributed by atoms with E-state index in [1.165, 1.54) is 0 Å². The van der Waals surface area contributed by atoms with Gasteiger partial charge in [0.2, 0.25) is 11.8 Å². The van der Waals surface area contributed by atoms with Gasteiger partial charge in [0.15, 0.2) is 0 Å². The molecular formula is C19H25ClN4O4S. The summed E-state index contributed by atoms with van der Waals surface area (Å²) in [4.78, 5) is 24.2. The van der Waals surface area contributed by atoms with Gasteiger partial charge < -0.3 is 19.8 Å². The number of carbonyl (C=O) groups is 2. The van der Waals surface area contributed by atoms with Gasteiger partial charge in [-0.05, 0) is 44.9 Å². The second-order valence-electron chi connectivity index (χ2n) is 7.62. The van der Waals surface area contributed by atoms with Crippen molar-refractivity contribution in [2.45, 2.75) is 51.5 Å². The van der Waals surface area contributed by atoms with Crippen molar-refractivity contribution < 1.29 is 18.7 Å². The molecule has 1 unspecified atom stereocenters. The number of benzene rings is 1. The number of hydrogen-bond acceptors (Lipinski definition) is 7. The molecule has 1 aromatic heterocycles. The van der Waals surface area contributed by atoms with Crippen molar-refractivity contribution in [2.24, 2.45) is 5.92 Å². The van der Waals surface area contributed by atoms with Crippen LogP contribution in [0.5, 0.6) is 0 Å². The number of nitrogens with zero attached hydrogens (tertiary/aromatic N) is 2. The van der Waals surface area contributed by atoms with Crippen molar-refractivity contribution in [1.82, 2.24) is 15.5 Å². The molecule has 0 spiro atoms. The van der Waals surface area contributed by atoms with Crippen LogP contribution in [0, 0.1) is 5.92 Å². The molecule has 1 heterocycles. The van der Waals surface area contributed by atoms with Crippen molar-refractivity contribution in [1.29, 1.82) is 0 Å². The molecule has 10 heteroatoms. The van der Waals surface area contributed by atoms with E-state index in [9.17, 15) is 9.59 Å². The summed E-state index contributed by atoms with van der Waals surface area (Å²) in [6.07, 6.45) is -0.565. The van der Waals surface area contributed by atoms with E-state index in [1.807, 2.05) is 13.8 Å². The number of anilines is 1. The van der Waals surface area contributed by atoms with Gasteiger partial charge in [0.25, 0.3) is 5.22 Å². The number of rotatable bonds is 7. The normalized spacial score (nSPS) is 12.5. The molecule has 2 amide bonds. The topological polar surface area (TPSA) is 106 Å². The molecule has 0 aliphatic rings. The predicted octanol–water partition coefficient (Wildman–Crippen LogP) is 4.68. The van der Waals surface area contributed by atoms with Crippen molar-refractivity contribution in [2.75, 3.05) is 11.1 Å². The lowest BCUT2D eigenvalue weighted by Crippen LogP contribution is -2.37. The quantitative estimate of drug-likeness (QED) is 0.602. The molecule has 2 aromatic rings. The molecule has 0 saturated carbocycles. The number of amides is 2. The van der Waals surface area contributed by atoms with Crippen LogP contribution in [0.4, 0.5) is 10.5 Å². The molecule has 0 fully saturated rings. The Labute approximate surface area is 179 Å². The number of alkyl carbamates (subject to hydrolysis) is 1. The fourth-order valence-corrected chi connectivity index (χ4v) is 3.00. The van der Waals surface area contributed by atoms with Crippen LogP contribution in [0.3, 0.4) is 0 Å². The molecule has 8 nitrogen and oxygen atoms in total. The lowest BCUT2D eigenvalue weighted by atomic mass is 10.1. The van der Waals surface area contributed by atoms with E-state index in [0.29, 0.717) is 10.7 Å². The fraction of sp³-hybridized carbons (Fsp3) is 0.474. The molecule has 0 bridgehead atoms. The van der Waals surface area contributed by atoms with Crippen LogP contribution in [0.15, 0.2) is 33.9 Å². The SMILES string of the molecule is CC(C)C(NC(=O)OC(C)(C)C)c1nnc(SCC(=O)Nc2cccc(Cl)c2)o1. The summed E-state index contributed by atoms with van der Waals surface area (Å²) >= 11 is 7.00. The van der Waals surface area contributed by atoms with Crippen LogP contribution in [-0.4, -0.2) is 33.6 Å². The zero-order valence-electron chi connectivity index (χ0n) is 17.0. The number of aromatic nitrogens is 2. The molecule has 29 heavy (non-hydrogen) atoms. The molecule has 0 aliphatic carbocycles. The predicted molar refractivity (Wildman–Crippen MR) is 112 cm³/mol. The molecule has 2 rings (SSSR count). The lowest BCUT2D eigenvalue weighted by Gasteiger charge is -2.23. The molecular weight excluding hydrogens is 416 g/mol. The average Bonchev–Trinajstić information content (AvgIpc) is 3.04. The molecule has 0 radical (unpaired) electrons.